The molecule has 1 atom stereocenters. The minimum absolute atomic E-state index is 0.0965. The van der Waals surface area contributed by atoms with Crippen molar-refractivity contribution in [3.05, 3.63) is 18.0 Å². The molecule has 5 nitrogen and oxygen atoms in total. The van der Waals surface area contributed by atoms with Crippen LogP contribution in [-0.2, 0) is 5.54 Å². The van der Waals surface area contributed by atoms with E-state index in [0.717, 1.165) is 0 Å². The monoisotopic (exact) mass is 238 g/mol. The summed E-state index contributed by atoms with van der Waals surface area (Å²) in [6.45, 7) is 9.28. The molecule has 0 aliphatic rings. The van der Waals surface area contributed by atoms with E-state index in [1.807, 2.05) is 27.7 Å². The third-order valence-electron chi connectivity index (χ3n) is 2.55. The molecule has 0 spiro atoms. The molecule has 0 saturated heterocycles. The average molecular weight is 238 g/mol. The number of hydrogen-bond donors (Lipinski definition) is 2. The van der Waals surface area contributed by atoms with E-state index in [1.54, 1.807) is 17.1 Å². The summed E-state index contributed by atoms with van der Waals surface area (Å²) in [7, 11) is 0. The number of aromatic nitrogens is 2. The van der Waals surface area contributed by atoms with Gasteiger partial charge in [0.25, 0.3) is 5.91 Å². The van der Waals surface area contributed by atoms with E-state index < -0.39 is 0 Å². The molecule has 0 bridgehead atoms. The maximum absolute atomic E-state index is 11.8. The molecule has 1 amide bonds. The quantitative estimate of drug-likeness (QED) is 0.820. The Labute approximate surface area is 102 Å². The van der Waals surface area contributed by atoms with Crippen molar-refractivity contribution in [2.24, 2.45) is 11.7 Å². The van der Waals surface area contributed by atoms with Gasteiger partial charge in [0.1, 0.15) is 0 Å². The van der Waals surface area contributed by atoms with Crippen LogP contribution in [0.25, 0.3) is 0 Å². The molecule has 5 heteroatoms. The lowest BCUT2D eigenvalue weighted by Gasteiger charge is -2.18. The van der Waals surface area contributed by atoms with Gasteiger partial charge in [-0.25, -0.2) is 0 Å². The molecular weight excluding hydrogens is 216 g/mol. The highest BCUT2D eigenvalue weighted by molar-refractivity contribution is 5.93. The average Bonchev–Trinajstić information content (AvgIpc) is 2.74. The van der Waals surface area contributed by atoms with Crippen molar-refractivity contribution in [1.29, 1.82) is 0 Å². The van der Waals surface area contributed by atoms with Crippen LogP contribution in [0.3, 0.4) is 0 Å². The number of carbonyl (C=O) groups excluding carboxylic acids is 1. The standard InChI is InChI=1S/C12H22N4O/c1-9(5-13)6-14-11(17)10-7-15-16(8-10)12(2,3)4/h7-9H,5-6,13H2,1-4H3,(H,14,17). The van der Waals surface area contributed by atoms with Crippen LogP contribution in [0.15, 0.2) is 12.4 Å². The van der Waals surface area contributed by atoms with Gasteiger partial charge in [0.15, 0.2) is 0 Å². The summed E-state index contributed by atoms with van der Waals surface area (Å²) in [6.07, 6.45) is 3.36. The van der Waals surface area contributed by atoms with Crippen molar-refractivity contribution in [3.63, 3.8) is 0 Å². The van der Waals surface area contributed by atoms with Crippen LogP contribution >= 0.6 is 0 Å². The van der Waals surface area contributed by atoms with Crippen LogP contribution in [0, 0.1) is 5.92 Å². The third-order valence-corrected chi connectivity index (χ3v) is 2.55. The van der Waals surface area contributed by atoms with Gasteiger partial charge in [0.05, 0.1) is 17.3 Å². The smallest absolute Gasteiger partial charge is 0.254 e. The summed E-state index contributed by atoms with van der Waals surface area (Å²) >= 11 is 0. The number of nitrogens with two attached hydrogens (primary N) is 1. The molecule has 0 aliphatic heterocycles. The lowest BCUT2D eigenvalue weighted by molar-refractivity contribution is 0.0948. The minimum atomic E-state index is -0.108. The molecule has 17 heavy (non-hydrogen) atoms. The predicted molar refractivity (Wildman–Crippen MR) is 67.8 cm³/mol. The molecule has 0 aromatic carbocycles. The molecule has 1 rings (SSSR count). The second-order valence-corrected chi connectivity index (χ2v) is 5.40. The molecule has 1 aromatic rings. The Morgan fingerprint density at radius 2 is 2.24 bits per heavy atom. The molecule has 0 radical (unpaired) electrons. The van der Waals surface area contributed by atoms with Gasteiger partial charge in [-0.2, -0.15) is 5.10 Å². The molecular formula is C12H22N4O. The van der Waals surface area contributed by atoms with E-state index >= 15 is 0 Å². The van der Waals surface area contributed by atoms with Crippen molar-refractivity contribution >= 4 is 5.91 Å². The Morgan fingerprint density at radius 1 is 1.59 bits per heavy atom. The Bertz CT molecular complexity index is 378. The number of amides is 1. The van der Waals surface area contributed by atoms with Crippen molar-refractivity contribution in [2.45, 2.75) is 33.2 Å². The summed E-state index contributed by atoms with van der Waals surface area (Å²) in [4.78, 5) is 11.8. The van der Waals surface area contributed by atoms with Gasteiger partial charge < -0.3 is 11.1 Å². The van der Waals surface area contributed by atoms with Crippen LogP contribution in [0.5, 0.6) is 0 Å². The van der Waals surface area contributed by atoms with Crippen molar-refractivity contribution in [2.75, 3.05) is 13.1 Å². The maximum Gasteiger partial charge on any atom is 0.254 e. The van der Waals surface area contributed by atoms with Crippen LogP contribution in [0.4, 0.5) is 0 Å². The summed E-state index contributed by atoms with van der Waals surface area (Å²) < 4.78 is 1.79. The van der Waals surface area contributed by atoms with Gasteiger partial charge in [0, 0.05) is 12.7 Å². The molecule has 3 N–H and O–H groups in total. The number of nitrogens with zero attached hydrogens (tertiary/aromatic N) is 2. The fraction of sp³-hybridized carbons (Fsp3) is 0.667. The van der Waals surface area contributed by atoms with E-state index in [0.29, 0.717) is 18.7 Å². The topological polar surface area (TPSA) is 72.9 Å². The van der Waals surface area contributed by atoms with E-state index in [4.69, 9.17) is 5.73 Å². The van der Waals surface area contributed by atoms with Crippen LogP contribution in [-0.4, -0.2) is 28.8 Å². The highest BCUT2D eigenvalue weighted by Crippen LogP contribution is 2.13. The molecule has 0 aliphatic carbocycles. The zero-order valence-electron chi connectivity index (χ0n) is 11.0. The lowest BCUT2D eigenvalue weighted by Crippen LogP contribution is -2.31. The molecule has 1 unspecified atom stereocenters. The molecule has 0 saturated carbocycles. The highest BCUT2D eigenvalue weighted by Gasteiger charge is 2.16. The van der Waals surface area contributed by atoms with E-state index in [9.17, 15) is 4.79 Å². The van der Waals surface area contributed by atoms with Crippen molar-refractivity contribution in [3.8, 4) is 0 Å². The SMILES string of the molecule is CC(CN)CNC(=O)c1cnn(C(C)(C)C)c1. The first-order valence-electron chi connectivity index (χ1n) is 5.88. The van der Waals surface area contributed by atoms with E-state index in [-0.39, 0.29) is 17.4 Å². The second kappa shape index (κ2) is 5.31. The minimum Gasteiger partial charge on any atom is -0.352 e. The highest BCUT2D eigenvalue weighted by atomic mass is 16.1. The number of nitrogens with one attached hydrogen (secondary N) is 1. The summed E-state index contributed by atoms with van der Waals surface area (Å²) in [5.74, 6) is 0.192. The zero-order chi connectivity index (χ0) is 13.1. The Morgan fingerprint density at radius 3 is 2.71 bits per heavy atom. The number of rotatable bonds is 4. The first kappa shape index (κ1) is 13.7. The van der Waals surface area contributed by atoms with Gasteiger partial charge in [-0.1, -0.05) is 6.92 Å². The second-order valence-electron chi connectivity index (χ2n) is 5.40. The summed E-state index contributed by atoms with van der Waals surface area (Å²) in [5.41, 5.74) is 5.97. The van der Waals surface area contributed by atoms with Crippen LogP contribution in [0.1, 0.15) is 38.1 Å². The molecule has 96 valence electrons. The Balaban J connectivity index is 2.61. The van der Waals surface area contributed by atoms with Gasteiger partial charge in [-0.05, 0) is 33.2 Å². The van der Waals surface area contributed by atoms with Crippen LogP contribution in [0.2, 0.25) is 0 Å². The Kier molecular flexibility index (Phi) is 4.28. The van der Waals surface area contributed by atoms with E-state index in [1.165, 1.54) is 0 Å². The normalized spacial score (nSPS) is 13.5. The van der Waals surface area contributed by atoms with E-state index in [2.05, 4.69) is 10.4 Å². The van der Waals surface area contributed by atoms with Gasteiger partial charge >= 0.3 is 0 Å². The maximum atomic E-state index is 11.8. The first-order chi connectivity index (χ1) is 7.84. The third kappa shape index (κ3) is 3.85. The first-order valence-corrected chi connectivity index (χ1v) is 5.88. The lowest BCUT2D eigenvalue weighted by atomic mass is 10.1. The predicted octanol–water partition coefficient (Wildman–Crippen LogP) is 0.963. The van der Waals surface area contributed by atoms with Crippen molar-refractivity contribution < 1.29 is 4.79 Å². The fourth-order valence-electron chi connectivity index (χ4n) is 1.26. The summed E-state index contributed by atoms with van der Waals surface area (Å²) in [5, 5.41) is 7.03. The molecule has 1 aromatic heterocycles. The molecule has 1 heterocycles. The number of carbonyl (C=O) groups is 1. The van der Waals surface area contributed by atoms with Crippen molar-refractivity contribution in [1.82, 2.24) is 15.1 Å². The summed E-state index contributed by atoms with van der Waals surface area (Å²) in [6, 6.07) is 0. The van der Waals surface area contributed by atoms with Crippen LogP contribution < -0.4 is 11.1 Å². The van der Waals surface area contributed by atoms with Gasteiger partial charge in [-0.3, -0.25) is 9.48 Å². The molecule has 0 fully saturated rings. The largest absolute Gasteiger partial charge is 0.352 e. The fourth-order valence-corrected chi connectivity index (χ4v) is 1.26. The number of hydrogen-bond acceptors (Lipinski definition) is 3. The Hall–Kier alpha value is -1.36. The van der Waals surface area contributed by atoms with Gasteiger partial charge in [-0.15, -0.1) is 0 Å². The zero-order valence-corrected chi connectivity index (χ0v) is 11.0. The van der Waals surface area contributed by atoms with Gasteiger partial charge in [0.2, 0.25) is 0 Å².